The maximum Gasteiger partial charge on any atom is 0.249 e. The van der Waals surface area contributed by atoms with Gasteiger partial charge in [0.25, 0.3) is 0 Å². The molecule has 0 saturated carbocycles. The van der Waals surface area contributed by atoms with Gasteiger partial charge in [0.15, 0.2) is 0 Å². The Morgan fingerprint density at radius 1 is 1.16 bits per heavy atom. The molecule has 0 spiro atoms. The van der Waals surface area contributed by atoms with Gasteiger partial charge in [-0.05, 0) is 12.3 Å². The van der Waals surface area contributed by atoms with Crippen LogP contribution in [0.2, 0.25) is 0 Å². The predicted molar refractivity (Wildman–Crippen MR) is 100 cm³/mol. The molecule has 0 aliphatic heterocycles. The zero-order valence-electron chi connectivity index (χ0n) is 14.8. The molecule has 1 heterocycles. The molecule has 2 atom stereocenters. The molecular formula is C18H24N4O2S. The van der Waals surface area contributed by atoms with Crippen molar-refractivity contribution in [3.05, 3.63) is 30.3 Å². The second kappa shape index (κ2) is 9.27. The van der Waals surface area contributed by atoms with Crippen molar-refractivity contribution >= 4 is 28.3 Å². The molecule has 134 valence electrons. The Balaban J connectivity index is 2.07. The van der Waals surface area contributed by atoms with Crippen molar-refractivity contribution < 1.29 is 9.59 Å². The summed E-state index contributed by atoms with van der Waals surface area (Å²) in [5.74, 6) is -0.331. The first kappa shape index (κ1) is 19.1. The number of carbonyl (C=O) groups is 2. The number of nitrogens with one attached hydrogen (secondary N) is 2. The third-order valence-corrected chi connectivity index (χ3v) is 4.85. The summed E-state index contributed by atoms with van der Waals surface area (Å²) in [5, 5.41) is 15.0. The normalized spacial score (nSPS) is 13.1. The van der Waals surface area contributed by atoms with Crippen LogP contribution in [-0.4, -0.2) is 28.1 Å². The molecule has 2 amide bonds. The molecule has 25 heavy (non-hydrogen) atoms. The van der Waals surface area contributed by atoms with Crippen LogP contribution in [0, 0.1) is 5.92 Å². The number of amides is 2. The van der Waals surface area contributed by atoms with Crippen molar-refractivity contribution in [3.8, 4) is 10.6 Å². The number of nitrogens with zero attached hydrogens (tertiary/aromatic N) is 2. The molecule has 0 fully saturated rings. The Labute approximate surface area is 152 Å². The van der Waals surface area contributed by atoms with Crippen LogP contribution >= 0.6 is 11.3 Å². The van der Waals surface area contributed by atoms with E-state index in [1.165, 1.54) is 11.3 Å². The molecule has 1 aromatic carbocycles. The largest absolute Gasteiger partial charge is 0.344 e. The van der Waals surface area contributed by atoms with Crippen LogP contribution < -0.4 is 10.6 Å². The topological polar surface area (TPSA) is 84.0 Å². The van der Waals surface area contributed by atoms with Crippen molar-refractivity contribution in [3.63, 3.8) is 0 Å². The minimum absolute atomic E-state index is 0.0299. The van der Waals surface area contributed by atoms with Crippen molar-refractivity contribution in [1.29, 1.82) is 0 Å². The van der Waals surface area contributed by atoms with Gasteiger partial charge in [-0.25, -0.2) is 0 Å². The van der Waals surface area contributed by atoms with Crippen LogP contribution in [0.5, 0.6) is 0 Å². The van der Waals surface area contributed by atoms with Crippen molar-refractivity contribution in [2.24, 2.45) is 5.92 Å². The molecule has 6 nitrogen and oxygen atoms in total. The molecule has 0 bridgehead atoms. The van der Waals surface area contributed by atoms with E-state index in [0.29, 0.717) is 11.6 Å². The summed E-state index contributed by atoms with van der Waals surface area (Å²) in [6.45, 7) is 5.88. The van der Waals surface area contributed by atoms with E-state index in [1.807, 2.05) is 51.1 Å². The number of aromatic nitrogens is 2. The smallest absolute Gasteiger partial charge is 0.249 e. The Bertz CT molecular complexity index is 702. The highest BCUT2D eigenvalue weighted by atomic mass is 32.1. The lowest BCUT2D eigenvalue weighted by atomic mass is 9.98. The number of rotatable bonds is 8. The molecule has 0 radical (unpaired) electrons. The summed E-state index contributed by atoms with van der Waals surface area (Å²) >= 11 is 1.31. The van der Waals surface area contributed by atoms with Gasteiger partial charge in [0, 0.05) is 12.0 Å². The van der Waals surface area contributed by atoms with Crippen LogP contribution in [0.4, 0.5) is 5.13 Å². The molecule has 0 saturated heterocycles. The van der Waals surface area contributed by atoms with Gasteiger partial charge in [0.2, 0.25) is 16.9 Å². The van der Waals surface area contributed by atoms with E-state index in [9.17, 15) is 9.59 Å². The fourth-order valence-corrected chi connectivity index (χ4v) is 3.08. The zero-order chi connectivity index (χ0) is 18.2. The number of hydrogen-bond acceptors (Lipinski definition) is 5. The first-order chi connectivity index (χ1) is 12.0. The van der Waals surface area contributed by atoms with Gasteiger partial charge in [-0.1, -0.05) is 68.9 Å². The van der Waals surface area contributed by atoms with Crippen molar-refractivity contribution in [2.45, 2.75) is 46.1 Å². The van der Waals surface area contributed by atoms with Gasteiger partial charge in [0.05, 0.1) is 0 Å². The third kappa shape index (κ3) is 5.35. The van der Waals surface area contributed by atoms with Crippen LogP contribution in [0.25, 0.3) is 10.6 Å². The van der Waals surface area contributed by atoms with E-state index >= 15 is 0 Å². The summed E-state index contributed by atoms with van der Waals surface area (Å²) in [6.07, 6.45) is 1.95. The maximum absolute atomic E-state index is 12.6. The minimum atomic E-state index is -0.576. The van der Waals surface area contributed by atoms with Gasteiger partial charge in [-0.3, -0.25) is 14.9 Å². The molecule has 1 aromatic heterocycles. The monoisotopic (exact) mass is 360 g/mol. The fourth-order valence-electron chi connectivity index (χ4n) is 2.33. The second-order valence-electron chi connectivity index (χ2n) is 5.95. The number of hydrogen-bond donors (Lipinski definition) is 2. The van der Waals surface area contributed by atoms with Crippen molar-refractivity contribution in [1.82, 2.24) is 15.5 Å². The standard InChI is InChI=1S/C18H24N4O2S/c1-4-9-14(23)19-15(12(3)5-2)16(24)20-18-22-21-17(25-18)13-10-7-6-8-11-13/h6-8,10-12,15H,4-5,9H2,1-3H3,(H,19,23)(H,20,22,24). The van der Waals surface area contributed by atoms with Crippen molar-refractivity contribution in [2.75, 3.05) is 5.32 Å². The van der Waals surface area contributed by atoms with Gasteiger partial charge >= 0.3 is 0 Å². The summed E-state index contributed by atoms with van der Waals surface area (Å²) in [6, 6.07) is 9.10. The Hall–Kier alpha value is -2.28. The summed E-state index contributed by atoms with van der Waals surface area (Å²) in [5.41, 5.74) is 0.954. The average Bonchev–Trinajstić information content (AvgIpc) is 3.08. The first-order valence-electron chi connectivity index (χ1n) is 8.54. The van der Waals surface area contributed by atoms with Crippen LogP contribution in [0.3, 0.4) is 0 Å². The predicted octanol–water partition coefficient (Wildman–Crippen LogP) is 3.47. The fraction of sp³-hybridized carbons (Fsp3) is 0.444. The molecule has 0 aliphatic rings. The highest BCUT2D eigenvalue weighted by Crippen LogP contribution is 2.26. The Kier molecular flexibility index (Phi) is 7.06. The first-order valence-corrected chi connectivity index (χ1v) is 9.35. The quantitative estimate of drug-likeness (QED) is 0.755. The Morgan fingerprint density at radius 3 is 2.52 bits per heavy atom. The molecular weight excluding hydrogens is 336 g/mol. The summed E-state index contributed by atoms with van der Waals surface area (Å²) in [4.78, 5) is 24.5. The second-order valence-corrected chi connectivity index (χ2v) is 6.93. The van der Waals surface area contributed by atoms with E-state index < -0.39 is 6.04 Å². The Morgan fingerprint density at radius 2 is 1.88 bits per heavy atom. The van der Waals surface area contributed by atoms with Gasteiger partial charge in [-0.15, -0.1) is 10.2 Å². The highest BCUT2D eigenvalue weighted by molar-refractivity contribution is 7.18. The molecule has 2 rings (SSSR count). The SMILES string of the molecule is CCCC(=O)NC(C(=O)Nc1nnc(-c2ccccc2)s1)C(C)CC. The maximum atomic E-state index is 12.6. The van der Waals surface area contributed by atoms with E-state index in [4.69, 9.17) is 0 Å². The highest BCUT2D eigenvalue weighted by Gasteiger charge is 2.26. The summed E-state index contributed by atoms with van der Waals surface area (Å²) < 4.78 is 0. The lowest BCUT2D eigenvalue weighted by molar-refractivity contribution is -0.127. The van der Waals surface area contributed by atoms with Crippen LogP contribution in [0.1, 0.15) is 40.0 Å². The van der Waals surface area contributed by atoms with E-state index in [2.05, 4.69) is 20.8 Å². The zero-order valence-corrected chi connectivity index (χ0v) is 15.6. The molecule has 0 aliphatic carbocycles. The lowest BCUT2D eigenvalue weighted by Crippen LogP contribution is -2.47. The third-order valence-electron chi connectivity index (χ3n) is 3.96. The van der Waals surface area contributed by atoms with Crippen LogP contribution in [0.15, 0.2) is 30.3 Å². The average molecular weight is 360 g/mol. The number of anilines is 1. The minimum Gasteiger partial charge on any atom is -0.344 e. The number of carbonyl (C=O) groups excluding carboxylic acids is 2. The van der Waals surface area contributed by atoms with Gasteiger partial charge in [0.1, 0.15) is 11.0 Å². The lowest BCUT2D eigenvalue weighted by Gasteiger charge is -2.22. The number of benzene rings is 1. The molecule has 2 aromatic rings. The molecule has 2 unspecified atom stereocenters. The van der Waals surface area contributed by atoms with E-state index in [-0.39, 0.29) is 17.7 Å². The van der Waals surface area contributed by atoms with Gasteiger partial charge in [-0.2, -0.15) is 0 Å². The van der Waals surface area contributed by atoms with E-state index in [1.54, 1.807) is 0 Å². The summed E-state index contributed by atoms with van der Waals surface area (Å²) in [7, 11) is 0. The van der Waals surface area contributed by atoms with E-state index in [0.717, 1.165) is 23.4 Å². The van der Waals surface area contributed by atoms with Crippen LogP contribution in [-0.2, 0) is 9.59 Å². The molecule has 7 heteroatoms. The van der Waals surface area contributed by atoms with Gasteiger partial charge < -0.3 is 5.32 Å². The molecule has 2 N–H and O–H groups in total.